The number of piperidine rings is 1. The van der Waals surface area contributed by atoms with Crippen LogP contribution in [0.15, 0.2) is 46.2 Å². The number of hydrogen-bond donors (Lipinski definition) is 3. The Morgan fingerprint density at radius 3 is 2.82 bits per heavy atom. The number of carbonyl (C=O) groups is 1. The molecule has 7 heteroatoms. The molecule has 2 aromatic carbocycles. The maximum atomic E-state index is 12.0. The topological polar surface area (TPSA) is 84.4 Å². The number of nitrogens with one attached hydrogen (secondary N) is 2. The molecule has 0 radical (unpaired) electrons. The Kier molecular flexibility index (Phi) is 7.29. The van der Waals surface area contributed by atoms with Crippen LogP contribution in [0.25, 0.3) is 0 Å². The Morgan fingerprint density at radius 2 is 2.18 bits per heavy atom. The molecule has 3 N–H and O–H groups in total. The molecule has 2 aromatic rings. The Labute approximate surface area is 173 Å². The lowest BCUT2D eigenvalue weighted by atomic mass is 9.90. The number of rotatable bonds is 7. The van der Waals surface area contributed by atoms with Gasteiger partial charge in [0.1, 0.15) is 6.26 Å². The van der Waals surface area contributed by atoms with Crippen LogP contribution in [0.5, 0.6) is 0 Å². The first-order valence-electron chi connectivity index (χ1n) is 9.46. The molecule has 1 heterocycles. The van der Waals surface area contributed by atoms with E-state index in [2.05, 4.69) is 23.0 Å². The number of aromatic carboxylic acids is 1. The third-order valence-electron chi connectivity index (χ3n) is 5.06. The summed E-state index contributed by atoms with van der Waals surface area (Å²) >= 11 is 0.363. The summed E-state index contributed by atoms with van der Waals surface area (Å²) in [5.41, 5.74) is 3.54. The van der Waals surface area contributed by atoms with E-state index < -0.39 is 17.1 Å². The highest BCUT2D eigenvalue weighted by molar-refractivity contribution is 8.00. The fourth-order valence-corrected chi connectivity index (χ4v) is 4.93. The van der Waals surface area contributed by atoms with Crippen molar-refractivity contribution < 1.29 is 14.5 Å². The van der Waals surface area contributed by atoms with E-state index in [1.54, 1.807) is 18.4 Å². The second kappa shape index (κ2) is 9.69. The van der Waals surface area contributed by atoms with Gasteiger partial charge in [0.25, 0.3) is 0 Å². The van der Waals surface area contributed by atoms with Crippen molar-refractivity contribution in [2.45, 2.75) is 41.9 Å². The molecule has 150 valence electrons. The molecule has 0 amide bonds. The Bertz CT molecular complexity index is 836. The predicted molar refractivity (Wildman–Crippen MR) is 116 cm³/mol. The molecule has 28 heavy (non-hydrogen) atoms. The van der Waals surface area contributed by atoms with Gasteiger partial charge >= 0.3 is 5.97 Å². The van der Waals surface area contributed by atoms with Gasteiger partial charge in [-0.2, -0.15) is 0 Å². The van der Waals surface area contributed by atoms with Crippen molar-refractivity contribution in [3.05, 3.63) is 53.1 Å². The van der Waals surface area contributed by atoms with Gasteiger partial charge in [0.15, 0.2) is 4.90 Å². The van der Waals surface area contributed by atoms with Crippen LogP contribution < -0.4 is 10.0 Å². The second-order valence-corrected chi connectivity index (χ2v) is 9.16. The number of anilines is 1. The fraction of sp³-hybridized carbons (Fsp3) is 0.381. The first-order valence-corrected chi connectivity index (χ1v) is 11.8. The van der Waals surface area contributed by atoms with Gasteiger partial charge in [-0.05, 0) is 84.2 Å². The minimum atomic E-state index is -1.06. The highest BCUT2D eigenvalue weighted by Gasteiger charge is 2.20. The Morgan fingerprint density at radius 1 is 1.36 bits per heavy atom. The van der Waals surface area contributed by atoms with Gasteiger partial charge in [-0.3, -0.25) is 0 Å². The second-order valence-electron chi connectivity index (χ2n) is 6.93. The molecule has 0 spiro atoms. The Hall–Kier alpha value is -1.67. The van der Waals surface area contributed by atoms with Gasteiger partial charge in [0.2, 0.25) is 0 Å². The molecule has 5 nitrogen and oxygen atoms in total. The molecule has 1 aliphatic heterocycles. The summed E-state index contributed by atoms with van der Waals surface area (Å²) in [5, 5.41) is 12.7. The standard InChI is InChI=1S/C21H26N2O3S2/c1-3-14-6-7-15(21(24)25)11-20(14)27-23-19-12-17(28(2)26)8-9-18(19)16-5-4-10-22-13-16/h6-9,11-12,16,22-23H,3-5,10,13H2,1-2H3,(H,24,25). The molecule has 2 unspecified atom stereocenters. The smallest absolute Gasteiger partial charge is 0.335 e. The number of hydrogen-bond acceptors (Lipinski definition) is 5. The van der Waals surface area contributed by atoms with E-state index in [-0.39, 0.29) is 5.56 Å². The molecule has 0 aromatic heterocycles. The van der Waals surface area contributed by atoms with Crippen LogP contribution in [0.2, 0.25) is 0 Å². The molecule has 0 saturated carbocycles. The van der Waals surface area contributed by atoms with E-state index in [1.165, 1.54) is 17.5 Å². The van der Waals surface area contributed by atoms with E-state index in [1.807, 2.05) is 18.2 Å². The predicted octanol–water partition coefficient (Wildman–Crippen LogP) is 4.27. The average Bonchev–Trinajstić information content (AvgIpc) is 2.72. The van der Waals surface area contributed by atoms with Gasteiger partial charge in [-0.15, -0.1) is 0 Å². The van der Waals surface area contributed by atoms with Crippen molar-refractivity contribution in [2.24, 2.45) is 0 Å². The maximum absolute atomic E-state index is 12.0. The zero-order chi connectivity index (χ0) is 20.1. The van der Waals surface area contributed by atoms with E-state index in [9.17, 15) is 14.5 Å². The van der Waals surface area contributed by atoms with Crippen LogP contribution in [-0.4, -0.2) is 35.0 Å². The number of carboxylic acid groups (broad SMARTS) is 1. The molecule has 2 atom stereocenters. The van der Waals surface area contributed by atoms with Crippen molar-refractivity contribution in [1.82, 2.24) is 5.32 Å². The molecule has 1 saturated heterocycles. The van der Waals surface area contributed by atoms with E-state index >= 15 is 0 Å². The van der Waals surface area contributed by atoms with Crippen LogP contribution in [0.4, 0.5) is 5.69 Å². The summed E-state index contributed by atoms with van der Waals surface area (Å²) in [5.74, 6) is -0.519. The maximum Gasteiger partial charge on any atom is 0.335 e. The van der Waals surface area contributed by atoms with Crippen molar-refractivity contribution in [3.63, 3.8) is 0 Å². The Balaban J connectivity index is 1.89. The zero-order valence-corrected chi connectivity index (χ0v) is 17.8. The molecule has 1 fully saturated rings. The molecule has 1 aliphatic rings. The van der Waals surface area contributed by atoms with Crippen molar-refractivity contribution in [1.29, 1.82) is 0 Å². The van der Waals surface area contributed by atoms with Crippen molar-refractivity contribution >= 4 is 34.8 Å². The number of aryl methyl sites for hydroxylation is 1. The minimum absolute atomic E-state index is 0.279. The van der Waals surface area contributed by atoms with Gasteiger partial charge in [0, 0.05) is 17.5 Å². The summed E-state index contributed by atoms with van der Waals surface area (Å²) in [7, 11) is 0. The summed E-state index contributed by atoms with van der Waals surface area (Å²) in [6.45, 7) is 4.04. The summed E-state index contributed by atoms with van der Waals surface area (Å²) in [6.07, 6.45) is 4.76. The van der Waals surface area contributed by atoms with E-state index in [4.69, 9.17) is 0 Å². The quantitative estimate of drug-likeness (QED) is 0.460. The highest BCUT2D eigenvalue weighted by Crippen LogP contribution is 2.35. The van der Waals surface area contributed by atoms with Crippen LogP contribution in [0.3, 0.4) is 0 Å². The van der Waals surface area contributed by atoms with Gasteiger partial charge < -0.3 is 19.7 Å². The third-order valence-corrected chi connectivity index (χ3v) is 6.90. The lowest BCUT2D eigenvalue weighted by molar-refractivity contribution is 0.0696. The lowest BCUT2D eigenvalue weighted by Gasteiger charge is -2.26. The summed E-state index contributed by atoms with van der Waals surface area (Å²) in [4.78, 5) is 13.0. The van der Waals surface area contributed by atoms with Crippen LogP contribution in [0.1, 0.15) is 47.2 Å². The van der Waals surface area contributed by atoms with E-state index in [0.717, 1.165) is 53.4 Å². The lowest BCUT2D eigenvalue weighted by Crippen LogP contribution is -2.28. The van der Waals surface area contributed by atoms with Crippen LogP contribution in [-0.2, 0) is 17.6 Å². The van der Waals surface area contributed by atoms with Crippen LogP contribution in [0, 0.1) is 0 Å². The SMILES string of the molecule is CCc1ccc(C(=O)O)cc1SNc1cc([S+](C)[O-])ccc1C1CCCNC1. The zero-order valence-electron chi connectivity index (χ0n) is 16.2. The molecular weight excluding hydrogens is 392 g/mol. The fourth-order valence-electron chi connectivity index (χ4n) is 3.46. The van der Waals surface area contributed by atoms with Gasteiger partial charge in [-0.25, -0.2) is 4.79 Å². The van der Waals surface area contributed by atoms with Gasteiger partial charge in [0.05, 0.1) is 11.3 Å². The first-order chi connectivity index (χ1) is 13.5. The molecule has 0 aliphatic carbocycles. The van der Waals surface area contributed by atoms with Gasteiger partial charge in [-0.1, -0.05) is 19.1 Å². The monoisotopic (exact) mass is 418 g/mol. The van der Waals surface area contributed by atoms with E-state index in [0.29, 0.717) is 5.92 Å². The first kappa shape index (κ1) is 21.0. The van der Waals surface area contributed by atoms with Crippen LogP contribution >= 0.6 is 11.9 Å². The molecule has 3 rings (SSSR count). The minimum Gasteiger partial charge on any atom is -0.612 e. The third kappa shape index (κ3) is 5.03. The number of carboxylic acids is 1. The highest BCUT2D eigenvalue weighted by atomic mass is 32.2. The molecule has 0 bridgehead atoms. The van der Waals surface area contributed by atoms with Crippen molar-refractivity contribution in [2.75, 3.05) is 24.1 Å². The largest absolute Gasteiger partial charge is 0.612 e. The normalized spacial score (nSPS) is 17.9. The average molecular weight is 419 g/mol. The summed E-state index contributed by atoms with van der Waals surface area (Å²) in [6, 6.07) is 11.2. The molecular formula is C21H26N2O3S2. The van der Waals surface area contributed by atoms with Crippen molar-refractivity contribution in [3.8, 4) is 0 Å². The number of benzene rings is 2. The summed E-state index contributed by atoms with van der Waals surface area (Å²) < 4.78 is 15.4.